The predicted molar refractivity (Wildman–Crippen MR) is 91.6 cm³/mol. The number of hydrogen-bond donors (Lipinski definition) is 1. The second-order valence-electron chi connectivity index (χ2n) is 5.92. The van der Waals surface area contributed by atoms with Crippen LogP contribution in [0.5, 0.6) is 0 Å². The van der Waals surface area contributed by atoms with Crippen LogP contribution >= 0.6 is 11.6 Å². The molecule has 0 saturated carbocycles. The Balaban J connectivity index is 1.85. The van der Waals surface area contributed by atoms with Crippen LogP contribution < -0.4 is 10.5 Å². The topological polar surface area (TPSA) is 75.4 Å². The Morgan fingerprint density at radius 1 is 1.33 bits per heavy atom. The van der Waals surface area contributed by atoms with Gasteiger partial charge >= 0.3 is 5.97 Å². The van der Waals surface area contributed by atoms with E-state index in [9.17, 15) is 14.7 Å². The number of rotatable bonds is 4. The van der Waals surface area contributed by atoms with E-state index in [2.05, 4.69) is 5.10 Å². The number of hydrogen-bond acceptors (Lipinski definition) is 4. The van der Waals surface area contributed by atoms with Gasteiger partial charge in [-0.25, -0.2) is 4.68 Å². The molecule has 1 fully saturated rings. The van der Waals surface area contributed by atoms with Gasteiger partial charge in [0.15, 0.2) is 0 Å². The fourth-order valence-electron chi connectivity index (χ4n) is 2.94. The molecule has 24 heavy (non-hydrogen) atoms. The first-order valence-electron chi connectivity index (χ1n) is 7.83. The molecule has 2 heterocycles. The van der Waals surface area contributed by atoms with E-state index in [-0.39, 0.29) is 10.6 Å². The van der Waals surface area contributed by atoms with Crippen molar-refractivity contribution in [1.82, 2.24) is 9.78 Å². The second-order valence-corrected chi connectivity index (χ2v) is 6.29. The minimum atomic E-state index is -0.818. The van der Waals surface area contributed by atoms with Gasteiger partial charge in [0, 0.05) is 13.1 Å². The molecule has 2 aromatic rings. The summed E-state index contributed by atoms with van der Waals surface area (Å²) in [7, 11) is 0. The summed E-state index contributed by atoms with van der Waals surface area (Å²) >= 11 is 6.26. The molecule has 126 valence electrons. The first-order chi connectivity index (χ1) is 11.6. The molecule has 1 saturated heterocycles. The number of nitrogens with zero attached hydrogens (tertiary/aromatic N) is 3. The van der Waals surface area contributed by atoms with Crippen LogP contribution in [0, 0.1) is 5.92 Å². The summed E-state index contributed by atoms with van der Waals surface area (Å²) in [6, 6.07) is 9.54. The lowest BCUT2D eigenvalue weighted by molar-refractivity contribution is -0.141. The highest BCUT2D eigenvalue weighted by molar-refractivity contribution is 6.33. The molecule has 0 amide bonds. The van der Waals surface area contributed by atoms with E-state index in [0.29, 0.717) is 31.7 Å². The molecule has 3 rings (SSSR count). The average molecular weight is 348 g/mol. The molecular weight excluding hydrogens is 330 g/mol. The lowest BCUT2D eigenvalue weighted by Gasteiger charge is -2.32. The lowest BCUT2D eigenvalue weighted by Crippen LogP contribution is -2.40. The van der Waals surface area contributed by atoms with Gasteiger partial charge in [0.1, 0.15) is 5.02 Å². The van der Waals surface area contributed by atoms with E-state index in [1.807, 2.05) is 35.2 Å². The standard InChI is InChI=1S/C17H18ClN3O3/c18-15-14(20-8-4-7-13(11-20)17(23)24)9-19-21(16(15)22)10-12-5-2-1-3-6-12/h1-3,5-6,9,13H,4,7-8,10-11H2,(H,23,24). The largest absolute Gasteiger partial charge is 0.481 e. The Morgan fingerprint density at radius 3 is 2.79 bits per heavy atom. The van der Waals surface area contributed by atoms with Gasteiger partial charge < -0.3 is 10.0 Å². The number of carboxylic acid groups (broad SMARTS) is 1. The Kier molecular flexibility index (Phi) is 4.85. The highest BCUT2D eigenvalue weighted by Crippen LogP contribution is 2.27. The Labute approximate surface area is 144 Å². The van der Waals surface area contributed by atoms with Crippen molar-refractivity contribution >= 4 is 23.3 Å². The van der Waals surface area contributed by atoms with Gasteiger partial charge in [-0.05, 0) is 18.4 Å². The van der Waals surface area contributed by atoms with Gasteiger partial charge in [-0.3, -0.25) is 9.59 Å². The minimum absolute atomic E-state index is 0.0898. The van der Waals surface area contributed by atoms with E-state index in [0.717, 1.165) is 12.0 Å². The number of carbonyl (C=O) groups is 1. The SMILES string of the molecule is O=C(O)C1CCCN(c2cnn(Cc3ccccc3)c(=O)c2Cl)C1. The van der Waals surface area contributed by atoms with Gasteiger partial charge in [0.2, 0.25) is 0 Å². The van der Waals surface area contributed by atoms with Crippen LogP contribution in [-0.2, 0) is 11.3 Å². The molecule has 1 atom stereocenters. The lowest BCUT2D eigenvalue weighted by atomic mass is 9.98. The monoisotopic (exact) mass is 347 g/mol. The zero-order valence-electron chi connectivity index (χ0n) is 13.1. The quantitative estimate of drug-likeness (QED) is 0.918. The smallest absolute Gasteiger partial charge is 0.308 e. The third-order valence-electron chi connectivity index (χ3n) is 4.25. The van der Waals surface area contributed by atoms with Crippen LogP contribution in [0.3, 0.4) is 0 Å². The van der Waals surface area contributed by atoms with Gasteiger partial charge in [0.25, 0.3) is 5.56 Å². The van der Waals surface area contributed by atoms with Crippen LogP contribution in [0.15, 0.2) is 41.3 Å². The Morgan fingerprint density at radius 2 is 2.08 bits per heavy atom. The number of aromatic nitrogens is 2. The Bertz CT molecular complexity index is 791. The van der Waals surface area contributed by atoms with Crippen molar-refractivity contribution in [3.63, 3.8) is 0 Å². The fraction of sp³-hybridized carbons (Fsp3) is 0.353. The number of anilines is 1. The van der Waals surface area contributed by atoms with Crippen molar-refractivity contribution in [2.24, 2.45) is 5.92 Å². The number of aliphatic carboxylic acids is 1. The van der Waals surface area contributed by atoms with Crippen LogP contribution in [0.1, 0.15) is 18.4 Å². The summed E-state index contributed by atoms with van der Waals surface area (Å²) in [4.78, 5) is 25.5. The highest BCUT2D eigenvalue weighted by atomic mass is 35.5. The average Bonchev–Trinajstić information content (AvgIpc) is 2.60. The van der Waals surface area contributed by atoms with Gasteiger partial charge in [-0.2, -0.15) is 5.10 Å². The van der Waals surface area contributed by atoms with Crippen LogP contribution in [0.4, 0.5) is 5.69 Å². The van der Waals surface area contributed by atoms with Gasteiger partial charge in [0.05, 0.1) is 24.3 Å². The molecule has 6 nitrogen and oxygen atoms in total. The van der Waals surface area contributed by atoms with E-state index in [1.165, 1.54) is 4.68 Å². The molecule has 0 radical (unpaired) electrons. The first-order valence-corrected chi connectivity index (χ1v) is 8.21. The zero-order valence-corrected chi connectivity index (χ0v) is 13.8. The first kappa shape index (κ1) is 16.5. The molecule has 1 aliphatic rings. The van der Waals surface area contributed by atoms with Crippen molar-refractivity contribution in [2.45, 2.75) is 19.4 Å². The molecule has 1 unspecified atom stereocenters. The third-order valence-corrected chi connectivity index (χ3v) is 4.61. The summed E-state index contributed by atoms with van der Waals surface area (Å²) in [5.74, 6) is -1.26. The molecule has 0 aliphatic carbocycles. The molecule has 1 aromatic carbocycles. The van der Waals surface area contributed by atoms with E-state index >= 15 is 0 Å². The normalized spacial score (nSPS) is 17.7. The molecule has 1 aromatic heterocycles. The van der Waals surface area contributed by atoms with Gasteiger partial charge in [-0.1, -0.05) is 41.9 Å². The van der Waals surface area contributed by atoms with Crippen molar-refractivity contribution in [1.29, 1.82) is 0 Å². The number of halogens is 1. The van der Waals surface area contributed by atoms with E-state index < -0.39 is 11.9 Å². The Hall–Kier alpha value is -2.34. The molecule has 1 aliphatic heterocycles. The summed E-state index contributed by atoms with van der Waals surface area (Å²) in [6.07, 6.45) is 2.94. The van der Waals surface area contributed by atoms with Crippen molar-refractivity contribution in [3.8, 4) is 0 Å². The summed E-state index contributed by atoms with van der Waals surface area (Å²) < 4.78 is 1.32. The minimum Gasteiger partial charge on any atom is -0.481 e. The molecule has 7 heteroatoms. The van der Waals surface area contributed by atoms with Crippen LogP contribution in [0.2, 0.25) is 5.02 Å². The van der Waals surface area contributed by atoms with Crippen molar-refractivity contribution in [2.75, 3.05) is 18.0 Å². The zero-order chi connectivity index (χ0) is 17.1. The number of carboxylic acids is 1. The van der Waals surface area contributed by atoms with E-state index in [4.69, 9.17) is 11.6 Å². The molecule has 0 spiro atoms. The maximum atomic E-state index is 12.5. The van der Waals surface area contributed by atoms with Crippen molar-refractivity contribution < 1.29 is 9.90 Å². The second kappa shape index (κ2) is 7.05. The summed E-state index contributed by atoms with van der Waals surface area (Å²) in [5.41, 5.74) is 1.10. The predicted octanol–water partition coefficient (Wildman–Crippen LogP) is 2.25. The molecule has 0 bridgehead atoms. The number of piperidine rings is 1. The molecule has 1 N–H and O–H groups in total. The number of benzene rings is 1. The summed E-state index contributed by atoms with van der Waals surface area (Å²) in [5, 5.41) is 13.5. The maximum absolute atomic E-state index is 12.5. The van der Waals surface area contributed by atoms with Crippen LogP contribution in [-0.4, -0.2) is 33.9 Å². The van der Waals surface area contributed by atoms with Crippen molar-refractivity contribution in [3.05, 3.63) is 57.5 Å². The van der Waals surface area contributed by atoms with Crippen LogP contribution in [0.25, 0.3) is 0 Å². The molecular formula is C17H18ClN3O3. The third kappa shape index (κ3) is 3.43. The van der Waals surface area contributed by atoms with Gasteiger partial charge in [-0.15, -0.1) is 0 Å². The fourth-order valence-corrected chi connectivity index (χ4v) is 3.21. The maximum Gasteiger partial charge on any atom is 0.308 e. The summed E-state index contributed by atoms with van der Waals surface area (Å²) in [6.45, 7) is 1.36. The van der Waals surface area contributed by atoms with E-state index in [1.54, 1.807) is 6.20 Å². The highest BCUT2D eigenvalue weighted by Gasteiger charge is 2.27.